The van der Waals surface area contributed by atoms with Gasteiger partial charge in [-0.25, -0.2) is 4.79 Å². The Morgan fingerprint density at radius 1 is 1.29 bits per heavy atom. The molecule has 1 aromatic rings. The predicted molar refractivity (Wildman–Crippen MR) is 45.3 cm³/mol. The summed E-state index contributed by atoms with van der Waals surface area (Å²) >= 11 is 0. The van der Waals surface area contributed by atoms with Gasteiger partial charge in [-0.05, 0) is 0 Å². The van der Waals surface area contributed by atoms with Crippen LogP contribution in [0.25, 0.3) is 0 Å². The van der Waals surface area contributed by atoms with Crippen LogP contribution in [-0.4, -0.2) is 27.1 Å². The van der Waals surface area contributed by atoms with Crippen LogP contribution in [0.3, 0.4) is 0 Å². The third kappa shape index (κ3) is 1.02. The molecule has 0 aromatic carbocycles. The number of amides is 1. The van der Waals surface area contributed by atoms with Crippen LogP contribution in [0.1, 0.15) is 10.5 Å². The van der Waals surface area contributed by atoms with E-state index in [-0.39, 0.29) is 12.2 Å². The highest BCUT2D eigenvalue weighted by atomic mass is 16.3. The lowest BCUT2D eigenvalue weighted by Gasteiger charge is -2.17. The third-order valence-electron chi connectivity index (χ3n) is 2.01. The molecule has 0 fully saturated rings. The van der Waals surface area contributed by atoms with Crippen LogP contribution >= 0.6 is 0 Å². The van der Waals surface area contributed by atoms with Crippen molar-refractivity contribution in [3.8, 4) is 5.75 Å². The predicted octanol–water partition coefficient (Wildman–Crippen LogP) is -2.01. The molecule has 0 atom stereocenters. The Morgan fingerprint density at radius 3 is 2.71 bits per heavy atom. The molecule has 7 nitrogen and oxygen atoms in total. The van der Waals surface area contributed by atoms with Gasteiger partial charge in [-0.15, -0.1) is 0 Å². The van der Waals surface area contributed by atoms with Gasteiger partial charge in [0.1, 0.15) is 0 Å². The zero-order valence-corrected chi connectivity index (χ0v) is 7.03. The van der Waals surface area contributed by atoms with Crippen molar-refractivity contribution in [2.75, 3.05) is 6.54 Å². The fraction of sp³-hybridized carbons (Fsp3) is 0.286. The van der Waals surface area contributed by atoms with E-state index in [1.54, 1.807) is 0 Å². The average Bonchev–Trinajstić information content (AvgIpc) is 2.14. The second-order valence-electron chi connectivity index (χ2n) is 2.86. The molecule has 0 radical (unpaired) electrons. The lowest BCUT2D eigenvalue weighted by Crippen LogP contribution is -2.44. The zero-order chi connectivity index (χ0) is 10.3. The van der Waals surface area contributed by atoms with Gasteiger partial charge in [0.15, 0.2) is 5.69 Å². The fourth-order valence-electron chi connectivity index (χ4n) is 1.37. The van der Waals surface area contributed by atoms with Crippen LogP contribution < -0.4 is 16.6 Å². The maximum absolute atomic E-state index is 11.2. The molecule has 0 saturated heterocycles. The number of nitrogens with zero attached hydrogens (tertiary/aromatic N) is 1. The molecule has 1 aliphatic rings. The van der Waals surface area contributed by atoms with E-state index in [2.05, 4.69) is 5.32 Å². The van der Waals surface area contributed by atoms with Crippen molar-refractivity contribution in [1.29, 1.82) is 0 Å². The molecule has 3 N–H and O–H groups in total. The number of aromatic amines is 1. The summed E-state index contributed by atoms with van der Waals surface area (Å²) in [5.41, 5.74) is -1.90. The van der Waals surface area contributed by atoms with Crippen molar-refractivity contribution in [3.05, 3.63) is 26.5 Å². The molecule has 0 saturated carbocycles. The van der Waals surface area contributed by atoms with Gasteiger partial charge in [-0.3, -0.25) is 19.1 Å². The SMILES string of the molecule is O=C1NCCn2c1c(O)c(=O)[nH]c2=O. The number of H-pyrrole nitrogens is 1. The second kappa shape index (κ2) is 2.72. The van der Waals surface area contributed by atoms with E-state index >= 15 is 0 Å². The van der Waals surface area contributed by atoms with E-state index in [9.17, 15) is 19.5 Å². The molecule has 74 valence electrons. The highest BCUT2D eigenvalue weighted by molar-refractivity contribution is 5.95. The molecular formula is C7H7N3O4. The van der Waals surface area contributed by atoms with Crippen LogP contribution in [0, 0.1) is 0 Å². The number of nitrogens with one attached hydrogen (secondary N) is 2. The number of aromatic hydroxyl groups is 1. The van der Waals surface area contributed by atoms with Gasteiger partial charge in [-0.1, -0.05) is 0 Å². The van der Waals surface area contributed by atoms with E-state index < -0.39 is 22.9 Å². The Morgan fingerprint density at radius 2 is 2.00 bits per heavy atom. The number of hydrogen-bond acceptors (Lipinski definition) is 4. The summed E-state index contributed by atoms with van der Waals surface area (Å²) in [6.45, 7) is 0.543. The van der Waals surface area contributed by atoms with Gasteiger partial charge in [0, 0.05) is 13.1 Å². The molecule has 0 unspecified atom stereocenters. The third-order valence-corrected chi connectivity index (χ3v) is 2.01. The number of carbonyl (C=O) groups is 1. The van der Waals surface area contributed by atoms with E-state index in [1.807, 2.05) is 4.98 Å². The topological polar surface area (TPSA) is 104 Å². The summed E-state index contributed by atoms with van der Waals surface area (Å²) in [6.07, 6.45) is 0. The standard InChI is InChI=1S/C7H7N3O4/c11-4-3-5(12)8-1-2-10(3)7(14)9-6(4)13/h11H,1-2H2,(H,8,12)(H,9,13,14). The first kappa shape index (κ1) is 8.54. The van der Waals surface area contributed by atoms with Crippen molar-refractivity contribution in [2.45, 2.75) is 6.54 Å². The Kier molecular flexibility index (Phi) is 1.66. The molecule has 2 heterocycles. The molecule has 2 rings (SSSR count). The quantitative estimate of drug-likeness (QED) is 0.446. The minimum atomic E-state index is -0.946. The summed E-state index contributed by atoms with van der Waals surface area (Å²) < 4.78 is 1.04. The van der Waals surface area contributed by atoms with Crippen molar-refractivity contribution in [2.24, 2.45) is 0 Å². The lowest BCUT2D eigenvalue weighted by atomic mass is 10.3. The van der Waals surface area contributed by atoms with Crippen LogP contribution in [-0.2, 0) is 6.54 Å². The summed E-state index contributed by atoms with van der Waals surface area (Å²) in [5, 5.41) is 11.7. The van der Waals surface area contributed by atoms with Crippen molar-refractivity contribution >= 4 is 5.91 Å². The van der Waals surface area contributed by atoms with E-state index in [0.29, 0.717) is 6.54 Å². The fourth-order valence-corrected chi connectivity index (χ4v) is 1.37. The number of carbonyl (C=O) groups excluding carboxylic acids is 1. The summed E-state index contributed by atoms with van der Waals surface area (Å²) in [7, 11) is 0. The van der Waals surface area contributed by atoms with Gasteiger partial charge in [-0.2, -0.15) is 0 Å². The molecule has 0 spiro atoms. The highest BCUT2D eigenvalue weighted by Gasteiger charge is 2.23. The first-order valence-corrected chi connectivity index (χ1v) is 3.95. The van der Waals surface area contributed by atoms with Crippen molar-refractivity contribution in [1.82, 2.24) is 14.9 Å². The zero-order valence-electron chi connectivity index (χ0n) is 7.03. The molecule has 1 amide bonds. The number of fused-ring (bicyclic) bond motifs is 1. The van der Waals surface area contributed by atoms with E-state index in [4.69, 9.17) is 0 Å². The van der Waals surface area contributed by atoms with Gasteiger partial charge in [0.2, 0.25) is 5.75 Å². The average molecular weight is 197 g/mol. The number of hydrogen-bond donors (Lipinski definition) is 3. The normalized spacial score (nSPS) is 14.7. The molecule has 1 aromatic heterocycles. The number of aromatic nitrogens is 2. The molecule has 1 aliphatic heterocycles. The van der Waals surface area contributed by atoms with Gasteiger partial charge < -0.3 is 10.4 Å². The van der Waals surface area contributed by atoms with Crippen molar-refractivity contribution in [3.63, 3.8) is 0 Å². The smallest absolute Gasteiger partial charge is 0.329 e. The number of rotatable bonds is 0. The Bertz CT molecular complexity index is 513. The van der Waals surface area contributed by atoms with Crippen LogP contribution in [0.5, 0.6) is 5.75 Å². The minimum absolute atomic E-state index is 0.240. The molecular weight excluding hydrogens is 190 g/mol. The Balaban J connectivity index is 2.87. The summed E-state index contributed by atoms with van der Waals surface area (Å²) in [5.74, 6) is -1.33. The summed E-state index contributed by atoms with van der Waals surface area (Å²) in [4.78, 5) is 35.3. The monoisotopic (exact) mass is 197 g/mol. The van der Waals surface area contributed by atoms with Crippen LogP contribution in [0.15, 0.2) is 9.59 Å². The molecule has 0 aliphatic carbocycles. The minimum Gasteiger partial charge on any atom is -0.501 e. The van der Waals surface area contributed by atoms with Crippen LogP contribution in [0.4, 0.5) is 0 Å². The second-order valence-corrected chi connectivity index (χ2v) is 2.86. The maximum atomic E-state index is 11.2. The molecule has 7 heteroatoms. The molecule has 0 bridgehead atoms. The highest BCUT2D eigenvalue weighted by Crippen LogP contribution is 2.10. The first-order chi connectivity index (χ1) is 6.61. The lowest BCUT2D eigenvalue weighted by molar-refractivity contribution is 0.0920. The summed E-state index contributed by atoms with van der Waals surface area (Å²) in [6, 6.07) is 0. The van der Waals surface area contributed by atoms with Crippen LogP contribution in [0.2, 0.25) is 0 Å². The Hall–Kier alpha value is -2.05. The largest absolute Gasteiger partial charge is 0.501 e. The van der Waals surface area contributed by atoms with Gasteiger partial charge >= 0.3 is 5.69 Å². The van der Waals surface area contributed by atoms with Gasteiger partial charge in [0.05, 0.1) is 0 Å². The van der Waals surface area contributed by atoms with Crippen molar-refractivity contribution < 1.29 is 9.90 Å². The molecule has 14 heavy (non-hydrogen) atoms. The van der Waals surface area contributed by atoms with Gasteiger partial charge in [0.25, 0.3) is 11.5 Å². The maximum Gasteiger partial charge on any atom is 0.329 e. The van der Waals surface area contributed by atoms with E-state index in [0.717, 1.165) is 4.57 Å². The van der Waals surface area contributed by atoms with E-state index in [1.165, 1.54) is 0 Å². The Labute approximate surface area is 77.0 Å². The first-order valence-electron chi connectivity index (χ1n) is 3.95.